The summed E-state index contributed by atoms with van der Waals surface area (Å²) in [6, 6.07) is 0. The fourth-order valence-electron chi connectivity index (χ4n) is 2.77. The van der Waals surface area contributed by atoms with Crippen LogP contribution in [0.1, 0.15) is 63.8 Å². The van der Waals surface area contributed by atoms with E-state index in [4.69, 9.17) is 14.0 Å². The summed E-state index contributed by atoms with van der Waals surface area (Å²) >= 11 is 0. The largest absolute Gasteiger partial charge is 0.465 e. The van der Waals surface area contributed by atoms with Gasteiger partial charge in [0, 0.05) is 7.11 Å². The molecule has 1 heterocycles. The SMILES string of the molecule is CCOC(=O)C1(c2nc(C(CC)OC)no2)CCCC1. The number of carbonyl (C=O) groups is 1. The van der Waals surface area contributed by atoms with E-state index in [1.54, 1.807) is 14.0 Å². The van der Waals surface area contributed by atoms with E-state index in [1.807, 2.05) is 6.92 Å². The smallest absolute Gasteiger partial charge is 0.321 e. The van der Waals surface area contributed by atoms with Crippen LogP contribution in [0.4, 0.5) is 0 Å². The molecular formula is C14H22N2O4. The van der Waals surface area contributed by atoms with Gasteiger partial charge in [0.15, 0.2) is 0 Å². The van der Waals surface area contributed by atoms with E-state index in [0.717, 1.165) is 19.3 Å². The third-order valence-electron chi connectivity index (χ3n) is 3.92. The standard InChI is InChI=1S/C14H22N2O4/c1-4-10(18-3)11-15-12(20-16-11)14(8-6-7-9-14)13(17)19-5-2/h10H,4-9H2,1-3H3. The van der Waals surface area contributed by atoms with Gasteiger partial charge in [-0.3, -0.25) is 4.79 Å². The Morgan fingerprint density at radius 2 is 2.10 bits per heavy atom. The lowest BCUT2D eigenvalue weighted by Gasteiger charge is -2.21. The highest BCUT2D eigenvalue weighted by atomic mass is 16.5. The van der Waals surface area contributed by atoms with Crippen LogP contribution < -0.4 is 0 Å². The number of aromatic nitrogens is 2. The molecule has 1 atom stereocenters. The Kier molecular flexibility index (Phi) is 4.75. The molecule has 20 heavy (non-hydrogen) atoms. The molecule has 0 N–H and O–H groups in total. The Balaban J connectivity index is 2.29. The van der Waals surface area contributed by atoms with Crippen LogP contribution in [0.15, 0.2) is 4.52 Å². The summed E-state index contributed by atoms with van der Waals surface area (Å²) < 4.78 is 15.9. The van der Waals surface area contributed by atoms with Crippen molar-refractivity contribution in [2.75, 3.05) is 13.7 Å². The second kappa shape index (κ2) is 6.35. The highest BCUT2D eigenvalue weighted by Gasteiger charge is 2.49. The van der Waals surface area contributed by atoms with Crippen molar-refractivity contribution in [3.63, 3.8) is 0 Å². The summed E-state index contributed by atoms with van der Waals surface area (Å²) in [6.07, 6.45) is 3.90. The minimum Gasteiger partial charge on any atom is -0.465 e. The first-order valence-electron chi connectivity index (χ1n) is 7.22. The summed E-state index contributed by atoms with van der Waals surface area (Å²) in [5, 5.41) is 3.97. The summed E-state index contributed by atoms with van der Waals surface area (Å²) in [5.74, 6) is 0.623. The Morgan fingerprint density at radius 1 is 1.40 bits per heavy atom. The normalized spacial score (nSPS) is 18.9. The maximum Gasteiger partial charge on any atom is 0.321 e. The molecule has 0 amide bonds. The van der Waals surface area contributed by atoms with Crippen molar-refractivity contribution < 1.29 is 18.8 Å². The molecule has 0 saturated heterocycles. The Hall–Kier alpha value is -1.43. The lowest BCUT2D eigenvalue weighted by molar-refractivity contribution is -0.151. The number of ether oxygens (including phenoxy) is 2. The minimum absolute atomic E-state index is 0.201. The van der Waals surface area contributed by atoms with Crippen molar-refractivity contribution in [3.05, 3.63) is 11.7 Å². The quantitative estimate of drug-likeness (QED) is 0.746. The first kappa shape index (κ1) is 15.0. The number of carbonyl (C=O) groups excluding carboxylic acids is 1. The van der Waals surface area contributed by atoms with Crippen molar-refractivity contribution >= 4 is 5.97 Å². The van der Waals surface area contributed by atoms with Gasteiger partial charge in [0.05, 0.1) is 6.61 Å². The Morgan fingerprint density at radius 3 is 2.65 bits per heavy atom. The van der Waals surface area contributed by atoms with E-state index in [0.29, 0.717) is 31.2 Å². The van der Waals surface area contributed by atoms with Gasteiger partial charge in [-0.15, -0.1) is 0 Å². The van der Waals surface area contributed by atoms with Gasteiger partial charge in [0.1, 0.15) is 11.5 Å². The van der Waals surface area contributed by atoms with E-state index in [9.17, 15) is 4.79 Å². The van der Waals surface area contributed by atoms with Crippen molar-refractivity contribution in [1.29, 1.82) is 0 Å². The molecule has 1 aliphatic rings. The topological polar surface area (TPSA) is 74.5 Å². The molecule has 1 aliphatic carbocycles. The van der Waals surface area contributed by atoms with Gasteiger partial charge < -0.3 is 14.0 Å². The zero-order valence-corrected chi connectivity index (χ0v) is 12.3. The molecule has 2 rings (SSSR count). The molecule has 1 aromatic rings. The summed E-state index contributed by atoms with van der Waals surface area (Å²) in [7, 11) is 1.61. The molecule has 0 aliphatic heterocycles. The van der Waals surface area contributed by atoms with Crippen molar-refractivity contribution in [1.82, 2.24) is 10.1 Å². The zero-order valence-electron chi connectivity index (χ0n) is 12.3. The molecule has 0 radical (unpaired) electrons. The minimum atomic E-state index is -0.757. The maximum atomic E-state index is 12.3. The molecule has 0 aromatic carbocycles. The number of nitrogens with zero attached hydrogens (tertiary/aromatic N) is 2. The highest BCUT2D eigenvalue weighted by Crippen LogP contribution is 2.41. The van der Waals surface area contributed by atoms with E-state index in [2.05, 4.69) is 10.1 Å². The second-order valence-corrected chi connectivity index (χ2v) is 5.10. The van der Waals surface area contributed by atoms with Crippen LogP contribution in [0.3, 0.4) is 0 Å². The van der Waals surface area contributed by atoms with Crippen molar-refractivity contribution in [3.8, 4) is 0 Å². The van der Waals surface area contributed by atoms with Gasteiger partial charge in [0.25, 0.3) is 0 Å². The van der Waals surface area contributed by atoms with Crippen molar-refractivity contribution in [2.24, 2.45) is 0 Å². The van der Waals surface area contributed by atoms with Gasteiger partial charge in [-0.25, -0.2) is 0 Å². The molecule has 6 heteroatoms. The van der Waals surface area contributed by atoms with Crippen LogP contribution >= 0.6 is 0 Å². The Bertz CT molecular complexity index is 448. The van der Waals surface area contributed by atoms with Crippen LogP contribution in [0.2, 0.25) is 0 Å². The number of methoxy groups -OCH3 is 1. The molecule has 112 valence electrons. The first-order valence-corrected chi connectivity index (χ1v) is 7.22. The predicted molar refractivity (Wildman–Crippen MR) is 71.1 cm³/mol. The lowest BCUT2D eigenvalue weighted by atomic mass is 9.86. The molecule has 1 saturated carbocycles. The lowest BCUT2D eigenvalue weighted by Crippen LogP contribution is -2.35. The molecule has 1 aromatic heterocycles. The fraction of sp³-hybridized carbons (Fsp3) is 0.786. The predicted octanol–water partition coefficient (Wildman–Crippen LogP) is 2.54. The van der Waals surface area contributed by atoms with Crippen LogP contribution in [-0.2, 0) is 19.7 Å². The summed E-state index contributed by atoms with van der Waals surface area (Å²) in [5.41, 5.74) is -0.757. The van der Waals surface area contributed by atoms with Gasteiger partial charge in [-0.05, 0) is 26.2 Å². The summed E-state index contributed by atoms with van der Waals surface area (Å²) in [6.45, 7) is 4.15. The summed E-state index contributed by atoms with van der Waals surface area (Å²) in [4.78, 5) is 16.7. The molecular weight excluding hydrogens is 260 g/mol. The van der Waals surface area contributed by atoms with E-state index in [-0.39, 0.29) is 12.1 Å². The van der Waals surface area contributed by atoms with Gasteiger partial charge in [0.2, 0.25) is 11.7 Å². The number of hydrogen-bond donors (Lipinski definition) is 0. The van der Waals surface area contributed by atoms with Crippen LogP contribution in [0.5, 0.6) is 0 Å². The van der Waals surface area contributed by atoms with Crippen molar-refractivity contribution in [2.45, 2.75) is 57.5 Å². The van der Waals surface area contributed by atoms with Crippen LogP contribution in [-0.4, -0.2) is 29.8 Å². The van der Waals surface area contributed by atoms with E-state index < -0.39 is 5.41 Å². The highest BCUT2D eigenvalue weighted by molar-refractivity contribution is 5.82. The molecule has 1 unspecified atom stereocenters. The third-order valence-corrected chi connectivity index (χ3v) is 3.92. The zero-order chi connectivity index (χ0) is 14.6. The molecule has 6 nitrogen and oxygen atoms in total. The monoisotopic (exact) mass is 282 g/mol. The van der Waals surface area contributed by atoms with Gasteiger partial charge in [-0.2, -0.15) is 4.98 Å². The molecule has 0 bridgehead atoms. The first-order chi connectivity index (χ1) is 9.67. The van der Waals surface area contributed by atoms with Gasteiger partial charge >= 0.3 is 5.97 Å². The average Bonchev–Trinajstić information content (AvgIpc) is 3.10. The Labute approximate surface area is 118 Å². The number of rotatable bonds is 6. The second-order valence-electron chi connectivity index (χ2n) is 5.10. The average molecular weight is 282 g/mol. The fourth-order valence-corrected chi connectivity index (χ4v) is 2.77. The van der Waals surface area contributed by atoms with E-state index >= 15 is 0 Å². The maximum absolute atomic E-state index is 12.3. The number of esters is 1. The third kappa shape index (κ3) is 2.57. The number of hydrogen-bond acceptors (Lipinski definition) is 6. The van der Waals surface area contributed by atoms with Crippen LogP contribution in [0, 0.1) is 0 Å². The molecule has 1 fully saturated rings. The van der Waals surface area contributed by atoms with E-state index in [1.165, 1.54) is 0 Å². The van der Waals surface area contributed by atoms with Crippen LogP contribution in [0.25, 0.3) is 0 Å². The molecule has 0 spiro atoms. The van der Waals surface area contributed by atoms with Gasteiger partial charge in [-0.1, -0.05) is 24.9 Å².